The average molecular weight is 172 g/mol. The zero-order valence-corrected chi connectivity index (χ0v) is 6.61. The molecule has 11 heavy (non-hydrogen) atoms. The molecule has 1 nitrogen and oxygen atoms in total. The first-order chi connectivity index (χ1) is 5.29. The second-order valence-corrected chi connectivity index (χ2v) is 3.17. The summed E-state index contributed by atoms with van der Waals surface area (Å²) in [6, 6.07) is 1.47. The van der Waals surface area contributed by atoms with Gasteiger partial charge in [0.1, 0.15) is 0 Å². The molecule has 0 radical (unpaired) electrons. The molecular weight excluding hydrogens is 165 g/mol. The predicted octanol–water partition coefficient (Wildman–Crippen LogP) is 2.75. The minimum absolute atomic E-state index is 0.182. The van der Waals surface area contributed by atoms with Gasteiger partial charge in [-0.1, -0.05) is 11.6 Å². The van der Waals surface area contributed by atoms with E-state index in [1.165, 1.54) is 6.07 Å². The number of hydrogen-bond acceptors (Lipinski definition) is 1. The Bertz CT molecular complexity index is 283. The van der Waals surface area contributed by atoms with Gasteiger partial charge in [-0.25, -0.2) is 4.39 Å². The van der Waals surface area contributed by atoms with E-state index in [0.29, 0.717) is 11.6 Å². The van der Waals surface area contributed by atoms with Crippen LogP contribution in [0.5, 0.6) is 0 Å². The van der Waals surface area contributed by atoms with Crippen molar-refractivity contribution < 1.29 is 4.39 Å². The van der Waals surface area contributed by atoms with Crippen LogP contribution in [-0.4, -0.2) is 4.98 Å². The highest BCUT2D eigenvalue weighted by Crippen LogP contribution is 2.40. The minimum Gasteiger partial charge on any atom is -0.258 e. The van der Waals surface area contributed by atoms with Crippen LogP contribution in [0.4, 0.5) is 4.39 Å². The van der Waals surface area contributed by atoms with Crippen LogP contribution in [-0.2, 0) is 0 Å². The Morgan fingerprint density at radius 2 is 2.27 bits per heavy atom. The molecular formula is C8H7ClFN. The van der Waals surface area contributed by atoms with Gasteiger partial charge in [-0.2, -0.15) is 0 Å². The molecule has 2 rings (SSSR count). The summed E-state index contributed by atoms with van der Waals surface area (Å²) in [7, 11) is 0. The van der Waals surface area contributed by atoms with E-state index in [-0.39, 0.29) is 10.8 Å². The van der Waals surface area contributed by atoms with Crippen molar-refractivity contribution in [3.63, 3.8) is 0 Å². The van der Waals surface area contributed by atoms with Crippen LogP contribution in [0, 0.1) is 5.82 Å². The maximum atomic E-state index is 13.1. The number of pyridine rings is 1. The van der Waals surface area contributed by atoms with Gasteiger partial charge in [0, 0.05) is 12.1 Å². The Balaban J connectivity index is 2.45. The summed E-state index contributed by atoms with van der Waals surface area (Å²) in [5.74, 6) is -0.00892. The van der Waals surface area contributed by atoms with Crippen LogP contribution in [0.2, 0.25) is 5.02 Å². The summed E-state index contributed by atoms with van der Waals surface area (Å²) in [6.45, 7) is 0. The minimum atomic E-state index is -0.336. The predicted molar refractivity (Wildman–Crippen MR) is 41.2 cm³/mol. The monoisotopic (exact) mass is 171 g/mol. The SMILES string of the molecule is Fc1c(Cl)ccnc1C1CC1. The van der Waals surface area contributed by atoms with Crippen molar-refractivity contribution in [3.05, 3.63) is 28.8 Å². The number of halogens is 2. The average Bonchev–Trinajstić information content (AvgIpc) is 2.77. The van der Waals surface area contributed by atoms with Gasteiger partial charge in [0.2, 0.25) is 0 Å². The number of nitrogens with zero attached hydrogens (tertiary/aromatic N) is 1. The van der Waals surface area contributed by atoms with Gasteiger partial charge in [-0.15, -0.1) is 0 Å². The maximum Gasteiger partial charge on any atom is 0.163 e. The Labute approximate surface area is 69.2 Å². The first-order valence-electron chi connectivity index (χ1n) is 3.59. The first-order valence-corrected chi connectivity index (χ1v) is 3.96. The Morgan fingerprint density at radius 3 is 2.91 bits per heavy atom. The second-order valence-electron chi connectivity index (χ2n) is 2.77. The molecule has 0 aliphatic heterocycles. The number of aromatic nitrogens is 1. The molecule has 0 bridgehead atoms. The summed E-state index contributed by atoms with van der Waals surface area (Å²) in [6.07, 6.45) is 3.65. The van der Waals surface area contributed by atoms with Crippen LogP contribution in [0.1, 0.15) is 24.5 Å². The van der Waals surface area contributed by atoms with Crippen molar-refractivity contribution in [1.29, 1.82) is 0 Å². The van der Waals surface area contributed by atoms with Gasteiger partial charge < -0.3 is 0 Å². The quantitative estimate of drug-likeness (QED) is 0.633. The van der Waals surface area contributed by atoms with Gasteiger partial charge in [-0.05, 0) is 18.9 Å². The Hall–Kier alpha value is -0.630. The van der Waals surface area contributed by atoms with Crippen molar-refractivity contribution in [3.8, 4) is 0 Å². The fourth-order valence-electron chi connectivity index (χ4n) is 1.08. The summed E-state index contributed by atoms with van der Waals surface area (Å²) < 4.78 is 13.1. The topological polar surface area (TPSA) is 12.9 Å². The third-order valence-corrected chi connectivity index (χ3v) is 2.13. The molecule has 3 heteroatoms. The van der Waals surface area contributed by atoms with Crippen molar-refractivity contribution in [2.45, 2.75) is 18.8 Å². The zero-order chi connectivity index (χ0) is 7.84. The lowest BCUT2D eigenvalue weighted by atomic mass is 10.2. The molecule has 1 saturated carbocycles. The molecule has 0 atom stereocenters. The highest BCUT2D eigenvalue weighted by molar-refractivity contribution is 6.30. The third-order valence-electron chi connectivity index (χ3n) is 1.83. The molecule has 1 aliphatic carbocycles. The molecule has 0 amide bonds. The lowest BCUT2D eigenvalue weighted by Crippen LogP contribution is -1.91. The van der Waals surface area contributed by atoms with Gasteiger partial charge in [0.15, 0.2) is 5.82 Å². The summed E-state index contributed by atoms with van der Waals surface area (Å²) in [5, 5.41) is 0.182. The lowest BCUT2D eigenvalue weighted by molar-refractivity contribution is 0.600. The number of hydrogen-bond donors (Lipinski definition) is 0. The molecule has 0 saturated heterocycles. The van der Waals surface area contributed by atoms with Crippen LogP contribution >= 0.6 is 11.6 Å². The van der Waals surface area contributed by atoms with E-state index in [2.05, 4.69) is 4.98 Å². The third kappa shape index (κ3) is 1.23. The van der Waals surface area contributed by atoms with E-state index in [1.54, 1.807) is 6.20 Å². The fourth-order valence-corrected chi connectivity index (χ4v) is 1.23. The molecule has 0 aromatic carbocycles. The normalized spacial score (nSPS) is 16.9. The molecule has 0 N–H and O–H groups in total. The van der Waals surface area contributed by atoms with E-state index in [9.17, 15) is 4.39 Å². The van der Waals surface area contributed by atoms with Gasteiger partial charge in [0.25, 0.3) is 0 Å². The van der Waals surface area contributed by atoms with E-state index < -0.39 is 0 Å². The van der Waals surface area contributed by atoms with Crippen LogP contribution in [0.3, 0.4) is 0 Å². The molecule has 1 aromatic rings. The molecule has 1 aliphatic rings. The van der Waals surface area contributed by atoms with Gasteiger partial charge in [-0.3, -0.25) is 4.98 Å². The first kappa shape index (κ1) is 7.04. The summed E-state index contributed by atoms with van der Waals surface area (Å²) in [5.41, 5.74) is 0.539. The second kappa shape index (κ2) is 2.45. The molecule has 1 heterocycles. The highest BCUT2D eigenvalue weighted by Gasteiger charge is 2.28. The van der Waals surface area contributed by atoms with Crippen molar-refractivity contribution in [1.82, 2.24) is 4.98 Å². The highest BCUT2D eigenvalue weighted by atomic mass is 35.5. The fraction of sp³-hybridized carbons (Fsp3) is 0.375. The largest absolute Gasteiger partial charge is 0.258 e. The van der Waals surface area contributed by atoms with E-state index in [0.717, 1.165) is 12.8 Å². The molecule has 1 fully saturated rings. The molecule has 0 unspecified atom stereocenters. The van der Waals surface area contributed by atoms with Crippen LogP contribution in [0.15, 0.2) is 12.3 Å². The lowest BCUT2D eigenvalue weighted by Gasteiger charge is -1.99. The van der Waals surface area contributed by atoms with Gasteiger partial charge in [0.05, 0.1) is 10.7 Å². The van der Waals surface area contributed by atoms with Crippen molar-refractivity contribution in [2.24, 2.45) is 0 Å². The number of rotatable bonds is 1. The summed E-state index contributed by atoms with van der Waals surface area (Å²) >= 11 is 5.57. The Morgan fingerprint density at radius 1 is 1.55 bits per heavy atom. The zero-order valence-electron chi connectivity index (χ0n) is 5.85. The van der Waals surface area contributed by atoms with Crippen LogP contribution in [0.25, 0.3) is 0 Å². The van der Waals surface area contributed by atoms with Crippen molar-refractivity contribution >= 4 is 11.6 Å². The summed E-state index contributed by atoms with van der Waals surface area (Å²) in [4.78, 5) is 3.94. The smallest absolute Gasteiger partial charge is 0.163 e. The maximum absolute atomic E-state index is 13.1. The van der Waals surface area contributed by atoms with E-state index in [1.807, 2.05) is 0 Å². The van der Waals surface area contributed by atoms with Gasteiger partial charge >= 0.3 is 0 Å². The molecule has 1 aromatic heterocycles. The van der Waals surface area contributed by atoms with E-state index >= 15 is 0 Å². The standard InChI is InChI=1S/C8H7ClFN/c9-6-3-4-11-8(7(6)10)5-1-2-5/h3-5H,1-2H2. The van der Waals surface area contributed by atoms with Crippen LogP contribution < -0.4 is 0 Å². The van der Waals surface area contributed by atoms with Crippen molar-refractivity contribution in [2.75, 3.05) is 0 Å². The molecule has 58 valence electrons. The van der Waals surface area contributed by atoms with E-state index in [4.69, 9.17) is 11.6 Å². The molecule has 0 spiro atoms. The Kier molecular flexibility index (Phi) is 1.57.